The van der Waals surface area contributed by atoms with Crippen LogP contribution in [0.3, 0.4) is 0 Å². The van der Waals surface area contributed by atoms with E-state index in [9.17, 15) is 10.1 Å². The van der Waals surface area contributed by atoms with Crippen molar-refractivity contribution in [2.24, 2.45) is 5.41 Å². The van der Waals surface area contributed by atoms with Gasteiger partial charge in [-0.1, -0.05) is 44.2 Å². The topological polar surface area (TPSA) is 65.8 Å². The van der Waals surface area contributed by atoms with E-state index in [4.69, 9.17) is 0 Å². The average Bonchev–Trinajstić information content (AvgIpc) is 2.60. The summed E-state index contributed by atoms with van der Waals surface area (Å²) in [6.45, 7) is 6.33. The Kier molecular flexibility index (Phi) is 3.52. The molecule has 2 aliphatic rings. The van der Waals surface area contributed by atoms with Crippen molar-refractivity contribution in [3.05, 3.63) is 70.6 Å². The molecule has 26 heavy (non-hydrogen) atoms. The molecule has 0 saturated heterocycles. The van der Waals surface area contributed by atoms with Gasteiger partial charge in [0, 0.05) is 29.5 Å². The van der Waals surface area contributed by atoms with Crippen molar-refractivity contribution in [3.8, 4) is 6.07 Å². The Labute approximate surface area is 153 Å². The van der Waals surface area contributed by atoms with E-state index in [1.807, 2.05) is 36.4 Å². The van der Waals surface area contributed by atoms with Gasteiger partial charge in [0.15, 0.2) is 5.78 Å². The van der Waals surface area contributed by atoms with E-state index in [2.05, 4.69) is 37.1 Å². The summed E-state index contributed by atoms with van der Waals surface area (Å²) in [7, 11) is 0. The van der Waals surface area contributed by atoms with Crippen molar-refractivity contribution in [2.45, 2.75) is 39.0 Å². The second-order valence-electron chi connectivity index (χ2n) is 8.14. The SMILES string of the molecule is CC1(C)CC(=O)C2=C(C1)Nc1ncc(C#N)cc1[C@]2(C)c1ccccc1. The van der Waals surface area contributed by atoms with E-state index in [1.54, 1.807) is 6.20 Å². The second-order valence-corrected chi connectivity index (χ2v) is 8.14. The number of carbonyl (C=O) groups excluding carboxylic acids is 1. The zero-order valence-electron chi connectivity index (χ0n) is 15.3. The van der Waals surface area contributed by atoms with Crippen LogP contribution in [0.2, 0.25) is 0 Å². The van der Waals surface area contributed by atoms with Gasteiger partial charge < -0.3 is 5.32 Å². The number of nitrogens with one attached hydrogen (secondary N) is 1. The van der Waals surface area contributed by atoms with Gasteiger partial charge in [-0.25, -0.2) is 4.98 Å². The molecule has 0 amide bonds. The summed E-state index contributed by atoms with van der Waals surface area (Å²) in [5.74, 6) is 0.905. The molecule has 1 N–H and O–H groups in total. The Balaban J connectivity index is 2.03. The maximum atomic E-state index is 13.2. The van der Waals surface area contributed by atoms with Gasteiger partial charge in [0.25, 0.3) is 0 Å². The number of benzene rings is 1. The maximum Gasteiger partial charge on any atom is 0.162 e. The fraction of sp³-hybridized carbons (Fsp3) is 0.318. The highest BCUT2D eigenvalue weighted by Crippen LogP contribution is 2.51. The van der Waals surface area contributed by atoms with Crippen LogP contribution in [0.5, 0.6) is 0 Å². The Morgan fingerprint density at radius 1 is 1.15 bits per heavy atom. The van der Waals surface area contributed by atoms with Crippen LogP contribution in [0.1, 0.15) is 50.3 Å². The first-order valence-corrected chi connectivity index (χ1v) is 8.85. The molecule has 0 unspecified atom stereocenters. The number of hydrogen-bond acceptors (Lipinski definition) is 4. The molecule has 2 heterocycles. The van der Waals surface area contributed by atoms with E-state index < -0.39 is 5.41 Å². The van der Waals surface area contributed by atoms with Crippen molar-refractivity contribution in [2.75, 3.05) is 5.32 Å². The molecular formula is C22H21N3O. The number of hydrogen-bond donors (Lipinski definition) is 1. The first kappa shape index (κ1) is 16.5. The van der Waals surface area contributed by atoms with E-state index >= 15 is 0 Å². The normalized spacial score (nSPS) is 23.5. The summed E-state index contributed by atoms with van der Waals surface area (Å²) in [6, 6.07) is 14.1. The van der Waals surface area contributed by atoms with Crippen LogP contribution in [-0.2, 0) is 10.2 Å². The summed E-state index contributed by atoms with van der Waals surface area (Å²) in [6.07, 6.45) is 2.91. The third kappa shape index (κ3) is 2.35. The predicted molar refractivity (Wildman–Crippen MR) is 101 cm³/mol. The summed E-state index contributed by atoms with van der Waals surface area (Å²) in [5, 5.41) is 12.7. The number of aromatic nitrogens is 1. The lowest BCUT2D eigenvalue weighted by atomic mass is 9.62. The molecule has 130 valence electrons. The van der Waals surface area contributed by atoms with Gasteiger partial charge in [-0.15, -0.1) is 0 Å². The fourth-order valence-electron chi connectivity index (χ4n) is 4.36. The largest absolute Gasteiger partial charge is 0.343 e. The minimum Gasteiger partial charge on any atom is -0.343 e. The molecule has 0 radical (unpaired) electrons. The van der Waals surface area contributed by atoms with Gasteiger partial charge >= 0.3 is 0 Å². The number of fused-ring (bicyclic) bond motifs is 1. The summed E-state index contributed by atoms with van der Waals surface area (Å²) < 4.78 is 0. The summed E-state index contributed by atoms with van der Waals surface area (Å²) in [5.41, 5.74) is 3.50. The number of nitrogens with zero attached hydrogens (tertiary/aromatic N) is 2. The molecular weight excluding hydrogens is 322 g/mol. The second kappa shape index (κ2) is 5.54. The third-order valence-corrected chi connectivity index (χ3v) is 5.55. The van der Waals surface area contributed by atoms with Crippen molar-refractivity contribution in [1.82, 2.24) is 4.98 Å². The minimum atomic E-state index is -0.620. The number of carbonyl (C=O) groups is 1. The number of nitriles is 1. The van der Waals surface area contributed by atoms with Crippen LogP contribution < -0.4 is 5.32 Å². The number of Topliss-reactive ketones (excluding diaryl/α,β-unsaturated/α-hetero) is 1. The molecule has 1 aliphatic heterocycles. The average molecular weight is 343 g/mol. The van der Waals surface area contributed by atoms with Gasteiger partial charge in [-0.2, -0.15) is 5.26 Å². The van der Waals surface area contributed by atoms with Crippen molar-refractivity contribution < 1.29 is 4.79 Å². The quantitative estimate of drug-likeness (QED) is 0.837. The molecule has 0 saturated carbocycles. The van der Waals surface area contributed by atoms with E-state index in [0.29, 0.717) is 12.0 Å². The highest BCUT2D eigenvalue weighted by atomic mass is 16.1. The molecule has 1 aliphatic carbocycles. The predicted octanol–water partition coefficient (Wildman–Crippen LogP) is 4.33. The van der Waals surface area contributed by atoms with Crippen molar-refractivity contribution in [1.29, 1.82) is 5.26 Å². The Morgan fingerprint density at radius 2 is 1.88 bits per heavy atom. The van der Waals surface area contributed by atoms with Gasteiger partial charge in [0.2, 0.25) is 0 Å². The van der Waals surface area contributed by atoms with Crippen LogP contribution in [0, 0.1) is 16.7 Å². The van der Waals surface area contributed by atoms with Crippen molar-refractivity contribution >= 4 is 11.6 Å². The van der Waals surface area contributed by atoms with Gasteiger partial charge in [-0.05, 0) is 30.4 Å². The van der Waals surface area contributed by atoms with Crippen LogP contribution >= 0.6 is 0 Å². The molecule has 1 aromatic carbocycles. The molecule has 4 nitrogen and oxygen atoms in total. The zero-order chi connectivity index (χ0) is 18.5. The van der Waals surface area contributed by atoms with Gasteiger partial charge in [0.1, 0.15) is 11.9 Å². The number of pyridine rings is 1. The van der Waals surface area contributed by atoms with Crippen molar-refractivity contribution in [3.63, 3.8) is 0 Å². The molecule has 1 aromatic heterocycles. The molecule has 0 spiro atoms. The number of ketones is 1. The van der Waals surface area contributed by atoms with E-state index in [-0.39, 0.29) is 11.2 Å². The molecule has 4 rings (SSSR count). The summed E-state index contributed by atoms with van der Waals surface area (Å²) >= 11 is 0. The maximum absolute atomic E-state index is 13.2. The minimum absolute atomic E-state index is 0.0788. The highest BCUT2D eigenvalue weighted by molar-refractivity contribution is 6.02. The monoisotopic (exact) mass is 343 g/mol. The number of allylic oxidation sites excluding steroid dienone is 2. The van der Waals surface area contributed by atoms with Crippen LogP contribution in [0.15, 0.2) is 53.9 Å². The lowest BCUT2D eigenvalue weighted by molar-refractivity contribution is -0.118. The third-order valence-electron chi connectivity index (χ3n) is 5.55. The van der Waals surface area contributed by atoms with E-state index in [0.717, 1.165) is 34.6 Å². The first-order valence-electron chi connectivity index (χ1n) is 8.85. The standard InChI is InChI=1S/C22H21N3O/c1-21(2)10-17-19(18(26)11-21)22(3,15-7-5-4-6-8-15)16-9-14(12-23)13-24-20(16)25-17/h4-9,13H,10-11H2,1-3H3,(H,24,25)/t22-/m0/s1. The molecule has 0 fully saturated rings. The van der Waals surface area contributed by atoms with Gasteiger partial charge in [-0.3, -0.25) is 4.79 Å². The molecule has 1 atom stereocenters. The smallest absolute Gasteiger partial charge is 0.162 e. The highest BCUT2D eigenvalue weighted by Gasteiger charge is 2.47. The summed E-state index contributed by atoms with van der Waals surface area (Å²) in [4.78, 5) is 17.7. The fourth-order valence-corrected chi connectivity index (χ4v) is 4.36. The van der Waals surface area contributed by atoms with Crippen LogP contribution in [0.25, 0.3) is 0 Å². The molecule has 4 heteroatoms. The zero-order valence-corrected chi connectivity index (χ0v) is 15.3. The van der Waals surface area contributed by atoms with Crippen LogP contribution in [0.4, 0.5) is 5.82 Å². The van der Waals surface area contributed by atoms with Crippen LogP contribution in [-0.4, -0.2) is 10.8 Å². The Bertz CT molecular complexity index is 982. The Hall–Kier alpha value is -2.93. The number of rotatable bonds is 1. The van der Waals surface area contributed by atoms with Gasteiger partial charge in [0.05, 0.1) is 11.0 Å². The van der Waals surface area contributed by atoms with E-state index in [1.165, 1.54) is 0 Å². The molecule has 2 aromatic rings. The lowest BCUT2D eigenvalue weighted by Gasteiger charge is -2.44. The first-order chi connectivity index (χ1) is 12.3. The molecule has 0 bridgehead atoms. The Morgan fingerprint density at radius 3 is 2.58 bits per heavy atom. The lowest BCUT2D eigenvalue weighted by Crippen LogP contribution is -2.42. The number of anilines is 1.